The van der Waals surface area contributed by atoms with E-state index in [9.17, 15) is 0 Å². The van der Waals surface area contributed by atoms with Crippen LogP contribution in [-0.2, 0) is 0 Å². The van der Waals surface area contributed by atoms with Crippen LogP contribution < -0.4 is 34.0 Å². The van der Waals surface area contributed by atoms with Crippen LogP contribution in [0.1, 0.15) is 84.5 Å². The third-order valence-corrected chi connectivity index (χ3v) is 2.71. The van der Waals surface area contributed by atoms with Crippen molar-refractivity contribution in [3.05, 3.63) is 0 Å². The minimum atomic E-state index is 0. The van der Waals surface area contributed by atoms with Crippen molar-refractivity contribution in [1.82, 2.24) is 0 Å². The maximum Gasteiger partial charge on any atom is 2.00 e. The van der Waals surface area contributed by atoms with E-state index in [2.05, 4.69) is 13.8 Å². The molecule has 0 spiro atoms. The monoisotopic (exact) mass is 366 g/mol. The fraction of sp³-hybridized carbons (Fsp3) is 1.00. The molecule has 0 aliphatic heterocycles. The van der Waals surface area contributed by atoms with Gasteiger partial charge in [0, 0.05) is 0 Å². The second-order valence-electron chi connectivity index (χ2n) is 4.18. The Labute approximate surface area is 140 Å². The van der Waals surface area contributed by atoms with E-state index >= 15 is 0 Å². The minimum Gasteiger partial charge on any atom is -1.00 e. The standard InChI is InChI=1S/C13H28.2BrH.Mg/c1-3-5-7-9-11-13-12-10-8-6-4-2;;;/h3-13H2,1-2H3;2*1H;/q;;;+2/p-2. The Balaban J connectivity index is -0.000000240. The van der Waals surface area contributed by atoms with Crippen molar-refractivity contribution >= 4 is 23.1 Å². The molecular formula is C13H28Br2Mg. The van der Waals surface area contributed by atoms with Crippen molar-refractivity contribution < 1.29 is 34.0 Å². The van der Waals surface area contributed by atoms with Gasteiger partial charge in [0.05, 0.1) is 0 Å². The van der Waals surface area contributed by atoms with Gasteiger partial charge in [-0.1, -0.05) is 84.5 Å². The summed E-state index contributed by atoms with van der Waals surface area (Å²) in [4.78, 5) is 0. The van der Waals surface area contributed by atoms with Crippen LogP contribution in [-0.4, -0.2) is 23.1 Å². The van der Waals surface area contributed by atoms with E-state index in [0.29, 0.717) is 0 Å². The van der Waals surface area contributed by atoms with E-state index in [1.165, 1.54) is 70.6 Å². The Morgan fingerprint density at radius 1 is 0.438 bits per heavy atom. The van der Waals surface area contributed by atoms with E-state index in [-0.39, 0.29) is 57.0 Å². The average Bonchev–Trinajstić information content (AvgIpc) is 2.16. The second-order valence-corrected chi connectivity index (χ2v) is 4.18. The van der Waals surface area contributed by atoms with Gasteiger partial charge in [-0.2, -0.15) is 0 Å². The Hall–Kier alpha value is 1.73. The third-order valence-electron chi connectivity index (χ3n) is 2.71. The van der Waals surface area contributed by atoms with Gasteiger partial charge in [-0.05, 0) is 0 Å². The molecule has 0 aromatic heterocycles. The van der Waals surface area contributed by atoms with Crippen LogP contribution >= 0.6 is 0 Å². The van der Waals surface area contributed by atoms with Crippen molar-refractivity contribution in [3.63, 3.8) is 0 Å². The predicted molar refractivity (Wildman–Crippen MR) is 67.9 cm³/mol. The molecule has 0 bridgehead atoms. The molecule has 0 heterocycles. The maximum atomic E-state index is 2.28. The Morgan fingerprint density at radius 3 is 0.812 bits per heavy atom. The Morgan fingerprint density at radius 2 is 0.625 bits per heavy atom. The number of halogens is 2. The number of unbranched alkanes of at least 4 members (excludes halogenated alkanes) is 10. The van der Waals surface area contributed by atoms with Crippen molar-refractivity contribution in [2.24, 2.45) is 0 Å². The SMILES string of the molecule is CCCCCCCCCCCCC.[Br-].[Br-].[Mg+2]. The summed E-state index contributed by atoms with van der Waals surface area (Å²) in [5.74, 6) is 0. The molecule has 0 saturated carbocycles. The molecule has 0 aromatic carbocycles. The van der Waals surface area contributed by atoms with Crippen LogP contribution in [0.25, 0.3) is 0 Å². The van der Waals surface area contributed by atoms with Crippen LogP contribution in [0.3, 0.4) is 0 Å². The Bertz CT molecular complexity index is 80.0. The van der Waals surface area contributed by atoms with Crippen molar-refractivity contribution in [2.45, 2.75) is 84.5 Å². The van der Waals surface area contributed by atoms with Gasteiger partial charge in [-0.15, -0.1) is 0 Å². The van der Waals surface area contributed by atoms with E-state index in [0.717, 1.165) is 0 Å². The van der Waals surface area contributed by atoms with E-state index < -0.39 is 0 Å². The molecule has 0 aliphatic rings. The zero-order chi connectivity index (χ0) is 9.78. The summed E-state index contributed by atoms with van der Waals surface area (Å²) < 4.78 is 0. The molecule has 16 heavy (non-hydrogen) atoms. The first-order valence-corrected chi connectivity index (χ1v) is 6.41. The first-order chi connectivity index (χ1) is 6.41. The summed E-state index contributed by atoms with van der Waals surface area (Å²) in [6.07, 6.45) is 15.9. The summed E-state index contributed by atoms with van der Waals surface area (Å²) in [7, 11) is 0. The largest absolute Gasteiger partial charge is 2.00 e. The van der Waals surface area contributed by atoms with Crippen LogP contribution in [0.4, 0.5) is 0 Å². The smallest absolute Gasteiger partial charge is 1.00 e. The van der Waals surface area contributed by atoms with Crippen molar-refractivity contribution in [1.29, 1.82) is 0 Å². The average molecular weight is 368 g/mol. The van der Waals surface area contributed by atoms with Gasteiger partial charge in [0.2, 0.25) is 0 Å². The van der Waals surface area contributed by atoms with Crippen LogP contribution in [0.2, 0.25) is 0 Å². The van der Waals surface area contributed by atoms with Crippen LogP contribution in [0.5, 0.6) is 0 Å². The molecule has 0 atom stereocenters. The van der Waals surface area contributed by atoms with Crippen LogP contribution in [0, 0.1) is 0 Å². The topological polar surface area (TPSA) is 0 Å². The molecule has 0 aromatic rings. The molecule has 0 aliphatic carbocycles. The molecule has 0 nitrogen and oxygen atoms in total. The summed E-state index contributed by atoms with van der Waals surface area (Å²) in [6.45, 7) is 4.56. The minimum absolute atomic E-state index is 0. The second kappa shape index (κ2) is 25.5. The summed E-state index contributed by atoms with van der Waals surface area (Å²) >= 11 is 0. The van der Waals surface area contributed by atoms with Gasteiger partial charge < -0.3 is 34.0 Å². The van der Waals surface area contributed by atoms with Gasteiger partial charge in [-0.3, -0.25) is 0 Å². The van der Waals surface area contributed by atoms with Gasteiger partial charge in [-0.25, -0.2) is 0 Å². The summed E-state index contributed by atoms with van der Waals surface area (Å²) in [6, 6.07) is 0. The third kappa shape index (κ3) is 24.8. The maximum absolute atomic E-state index is 2.28. The molecule has 0 saturated heterocycles. The zero-order valence-corrected chi connectivity index (χ0v) is 15.8. The molecule has 0 amide bonds. The van der Waals surface area contributed by atoms with Gasteiger partial charge >= 0.3 is 23.1 Å². The fourth-order valence-corrected chi connectivity index (χ4v) is 1.74. The van der Waals surface area contributed by atoms with E-state index in [1.54, 1.807) is 0 Å². The summed E-state index contributed by atoms with van der Waals surface area (Å²) in [5, 5.41) is 0. The molecule has 0 unspecified atom stereocenters. The molecule has 3 heteroatoms. The van der Waals surface area contributed by atoms with Gasteiger partial charge in [0.1, 0.15) is 0 Å². The molecule has 0 N–H and O–H groups in total. The van der Waals surface area contributed by atoms with E-state index in [4.69, 9.17) is 0 Å². The quantitative estimate of drug-likeness (QED) is 0.341. The zero-order valence-electron chi connectivity index (χ0n) is 11.2. The fourth-order valence-electron chi connectivity index (χ4n) is 1.74. The number of rotatable bonds is 10. The van der Waals surface area contributed by atoms with Crippen LogP contribution in [0.15, 0.2) is 0 Å². The van der Waals surface area contributed by atoms with Crippen molar-refractivity contribution in [3.8, 4) is 0 Å². The van der Waals surface area contributed by atoms with Crippen molar-refractivity contribution in [2.75, 3.05) is 0 Å². The molecule has 96 valence electrons. The van der Waals surface area contributed by atoms with Gasteiger partial charge in [0.15, 0.2) is 0 Å². The first kappa shape index (κ1) is 26.3. The molecule has 0 radical (unpaired) electrons. The van der Waals surface area contributed by atoms with Gasteiger partial charge in [0.25, 0.3) is 0 Å². The van der Waals surface area contributed by atoms with E-state index in [1.807, 2.05) is 0 Å². The normalized spacial score (nSPS) is 8.62. The summed E-state index contributed by atoms with van der Waals surface area (Å²) in [5.41, 5.74) is 0. The molecule has 0 rings (SSSR count). The predicted octanol–water partition coefficient (Wildman–Crippen LogP) is -1.06. The molecular weight excluding hydrogens is 340 g/mol. The first-order valence-electron chi connectivity index (χ1n) is 6.41. The number of hydrogen-bond acceptors (Lipinski definition) is 0. The number of hydrogen-bond donors (Lipinski definition) is 0. The molecule has 0 fully saturated rings. The Kier molecular flexibility index (Phi) is 42.0.